The fourth-order valence-corrected chi connectivity index (χ4v) is 3.18. The van der Waals surface area contributed by atoms with Crippen LogP contribution in [0.4, 0.5) is 8.78 Å². The molecule has 0 saturated carbocycles. The lowest BCUT2D eigenvalue weighted by atomic mass is 10.5. The van der Waals surface area contributed by atoms with Crippen molar-refractivity contribution in [2.45, 2.75) is 19.5 Å². The average Bonchev–Trinajstić information content (AvgIpc) is 2.27. The number of esters is 1. The van der Waals surface area contributed by atoms with Gasteiger partial charge in [0.25, 0.3) is 0 Å². The zero-order valence-corrected chi connectivity index (χ0v) is 13.2. The SMILES string of the molecule is CCOP(=O)(OCC)C(F)(F)/C=C(/I)C(=O)OC. The summed E-state index contributed by atoms with van der Waals surface area (Å²) in [5.74, 6) is -0.949. The molecule has 0 aliphatic carbocycles. The maximum absolute atomic E-state index is 13.8. The van der Waals surface area contributed by atoms with Gasteiger partial charge in [0.2, 0.25) is 0 Å². The Balaban J connectivity index is 5.31. The second-order valence-electron chi connectivity index (χ2n) is 2.90. The first-order valence-corrected chi connectivity index (χ1v) is 7.60. The Morgan fingerprint density at radius 2 is 1.78 bits per heavy atom. The van der Waals surface area contributed by atoms with Crippen LogP contribution in [0.1, 0.15) is 13.8 Å². The van der Waals surface area contributed by atoms with Crippen LogP contribution in [0.3, 0.4) is 0 Å². The fourth-order valence-electron chi connectivity index (χ4n) is 0.937. The minimum absolute atomic E-state index is 0.199. The Bertz CT molecular complexity index is 362. The smallest absolute Gasteiger partial charge is 0.403 e. The van der Waals surface area contributed by atoms with E-state index in [2.05, 4.69) is 13.8 Å². The van der Waals surface area contributed by atoms with E-state index in [0.29, 0.717) is 0 Å². The van der Waals surface area contributed by atoms with Crippen LogP contribution in [0.5, 0.6) is 0 Å². The molecule has 0 bridgehead atoms. The molecule has 0 amide bonds. The van der Waals surface area contributed by atoms with Gasteiger partial charge >= 0.3 is 19.2 Å². The van der Waals surface area contributed by atoms with Crippen LogP contribution in [0.15, 0.2) is 9.66 Å². The monoisotopic (exact) mass is 398 g/mol. The summed E-state index contributed by atoms with van der Waals surface area (Å²) < 4.78 is 52.4. The van der Waals surface area contributed by atoms with E-state index < -0.39 is 22.8 Å². The minimum atomic E-state index is -4.65. The Kier molecular flexibility index (Phi) is 7.50. The molecule has 0 aliphatic rings. The zero-order valence-electron chi connectivity index (χ0n) is 10.1. The van der Waals surface area contributed by atoms with Crippen molar-refractivity contribution in [2.24, 2.45) is 0 Å². The fraction of sp³-hybridized carbons (Fsp3) is 0.667. The van der Waals surface area contributed by atoms with Crippen LogP contribution in [-0.4, -0.2) is 32.0 Å². The molecular weight excluding hydrogens is 384 g/mol. The summed E-state index contributed by atoms with van der Waals surface area (Å²) in [6, 6.07) is 0. The minimum Gasteiger partial charge on any atom is -0.465 e. The van der Waals surface area contributed by atoms with E-state index in [0.717, 1.165) is 7.11 Å². The highest BCUT2D eigenvalue weighted by Crippen LogP contribution is 2.62. The Morgan fingerprint density at radius 1 is 1.33 bits per heavy atom. The molecule has 0 heterocycles. The molecule has 0 aromatic heterocycles. The van der Waals surface area contributed by atoms with Gasteiger partial charge in [-0.15, -0.1) is 0 Å². The predicted octanol–water partition coefficient (Wildman–Crippen LogP) is 3.34. The van der Waals surface area contributed by atoms with Gasteiger partial charge in [-0.3, -0.25) is 4.57 Å². The van der Waals surface area contributed by atoms with Crippen molar-refractivity contribution in [1.29, 1.82) is 0 Å². The predicted molar refractivity (Wildman–Crippen MR) is 69.9 cm³/mol. The highest BCUT2D eigenvalue weighted by atomic mass is 127. The van der Waals surface area contributed by atoms with Crippen LogP contribution in [0, 0.1) is 0 Å². The van der Waals surface area contributed by atoms with E-state index >= 15 is 0 Å². The molecule has 0 rings (SSSR count). The van der Waals surface area contributed by atoms with Gasteiger partial charge in [0.15, 0.2) is 0 Å². The van der Waals surface area contributed by atoms with Gasteiger partial charge in [-0.05, 0) is 36.4 Å². The first-order valence-electron chi connectivity index (χ1n) is 4.97. The maximum atomic E-state index is 13.8. The number of carbonyl (C=O) groups excluding carboxylic acids is 1. The molecule has 106 valence electrons. The summed E-state index contributed by atoms with van der Waals surface area (Å²) in [4.78, 5) is 11.0. The largest absolute Gasteiger partial charge is 0.465 e. The van der Waals surface area contributed by atoms with Gasteiger partial charge < -0.3 is 13.8 Å². The molecule has 0 unspecified atom stereocenters. The third-order valence-electron chi connectivity index (χ3n) is 1.64. The molecule has 0 spiro atoms. The first kappa shape index (κ1) is 17.9. The number of methoxy groups -OCH3 is 1. The molecule has 0 saturated heterocycles. The molecule has 0 atom stereocenters. The molecule has 9 heteroatoms. The van der Waals surface area contributed by atoms with Crippen molar-refractivity contribution in [3.63, 3.8) is 0 Å². The standard InChI is InChI=1S/C9H14F2IO5P/c1-4-16-18(14,17-5-2)9(10,11)6-7(12)8(13)15-3/h6H,4-5H2,1-3H3/b7-6+. The number of hydrogen-bond acceptors (Lipinski definition) is 5. The lowest BCUT2D eigenvalue weighted by molar-refractivity contribution is -0.135. The molecule has 0 radical (unpaired) electrons. The number of ether oxygens (including phenoxy) is 1. The van der Waals surface area contributed by atoms with E-state index in [1.165, 1.54) is 36.4 Å². The normalized spacial score (nSPS) is 13.6. The van der Waals surface area contributed by atoms with E-state index in [4.69, 9.17) is 0 Å². The molecule has 0 aliphatic heterocycles. The van der Waals surface area contributed by atoms with Gasteiger partial charge in [0, 0.05) is 6.08 Å². The lowest BCUT2D eigenvalue weighted by Gasteiger charge is -2.23. The number of hydrogen-bond donors (Lipinski definition) is 0. The Hall–Kier alpha value is -0.0500. The summed E-state index contributed by atoms with van der Waals surface area (Å²) in [5, 5.41) is 0. The van der Waals surface area contributed by atoms with Crippen molar-refractivity contribution in [3.05, 3.63) is 9.66 Å². The highest BCUT2D eigenvalue weighted by Gasteiger charge is 2.52. The Labute approximate surface area is 118 Å². The van der Waals surface area contributed by atoms with Crippen LogP contribution in [-0.2, 0) is 23.1 Å². The summed E-state index contributed by atoms with van der Waals surface area (Å²) >= 11 is 1.36. The van der Waals surface area contributed by atoms with Gasteiger partial charge in [0.05, 0.1) is 20.3 Å². The van der Waals surface area contributed by atoms with Crippen molar-refractivity contribution >= 4 is 36.2 Å². The molecule has 18 heavy (non-hydrogen) atoms. The Morgan fingerprint density at radius 3 is 2.11 bits per heavy atom. The van der Waals surface area contributed by atoms with Crippen molar-refractivity contribution in [3.8, 4) is 0 Å². The van der Waals surface area contributed by atoms with E-state index in [-0.39, 0.29) is 19.3 Å². The number of alkyl halides is 2. The van der Waals surface area contributed by atoms with Gasteiger partial charge in [0.1, 0.15) is 3.58 Å². The molecular formula is C9H14F2IO5P. The summed E-state index contributed by atoms with van der Waals surface area (Å²) in [6.45, 7) is 2.43. The first-order chi connectivity index (χ1) is 8.24. The van der Waals surface area contributed by atoms with Crippen molar-refractivity contribution < 1.29 is 31.9 Å². The number of halogens is 3. The summed E-state index contributed by atoms with van der Waals surface area (Å²) in [7, 11) is -3.60. The van der Waals surface area contributed by atoms with E-state index in [1.54, 1.807) is 0 Å². The van der Waals surface area contributed by atoms with E-state index in [1.807, 2.05) is 0 Å². The van der Waals surface area contributed by atoms with E-state index in [9.17, 15) is 18.1 Å². The lowest BCUT2D eigenvalue weighted by Crippen LogP contribution is -2.19. The van der Waals surface area contributed by atoms with Gasteiger partial charge in [-0.25, -0.2) is 4.79 Å². The third kappa shape index (κ3) is 4.56. The van der Waals surface area contributed by atoms with Gasteiger partial charge in [-0.2, -0.15) is 8.78 Å². The quantitative estimate of drug-likeness (QED) is 0.285. The maximum Gasteiger partial charge on any atom is 0.403 e. The van der Waals surface area contributed by atoms with Crippen molar-refractivity contribution in [2.75, 3.05) is 20.3 Å². The van der Waals surface area contributed by atoms with Crippen LogP contribution in [0.25, 0.3) is 0 Å². The second kappa shape index (κ2) is 7.52. The second-order valence-corrected chi connectivity index (χ2v) is 6.17. The number of allylic oxidation sites excluding steroid dienone is 1. The topological polar surface area (TPSA) is 61.8 Å². The number of carbonyl (C=O) groups is 1. The third-order valence-corrected chi connectivity index (χ3v) is 4.45. The van der Waals surface area contributed by atoms with Crippen LogP contribution < -0.4 is 0 Å². The summed E-state index contributed by atoms with van der Waals surface area (Å²) in [6.07, 6.45) is 0.228. The molecule has 0 aromatic carbocycles. The molecule has 0 fully saturated rings. The van der Waals surface area contributed by atoms with Gasteiger partial charge in [-0.1, -0.05) is 0 Å². The van der Waals surface area contributed by atoms with Crippen LogP contribution in [0.2, 0.25) is 0 Å². The summed E-state index contributed by atoms with van der Waals surface area (Å²) in [5.41, 5.74) is -3.90. The average molecular weight is 398 g/mol. The zero-order chi connectivity index (χ0) is 14.4. The molecule has 0 aromatic rings. The highest BCUT2D eigenvalue weighted by molar-refractivity contribution is 14.1. The van der Waals surface area contributed by atoms with Crippen LogP contribution >= 0.6 is 30.2 Å². The molecule has 5 nitrogen and oxygen atoms in total. The number of rotatable bonds is 7. The molecule has 0 N–H and O–H groups in total. The van der Waals surface area contributed by atoms with Crippen molar-refractivity contribution in [1.82, 2.24) is 0 Å².